The molecule has 0 aromatic heterocycles. The molecule has 22 heavy (non-hydrogen) atoms. The highest BCUT2D eigenvalue weighted by molar-refractivity contribution is 8.29. The van der Waals surface area contributed by atoms with Gasteiger partial charge in [0.05, 0.1) is 9.81 Å². The topological polar surface area (TPSA) is 40.6 Å². The van der Waals surface area contributed by atoms with E-state index in [2.05, 4.69) is 0 Å². The van der Waals surface area contributed by atoms with Crippen molar-refractivity contribution in [1.29, 1.82) is 0 Å². The Labute approximate surface area is 150 Å². The summed E-state index contributed by atoms with van der Waals surface area (Å²) in [5, 5.41) is 0. The normalized spacial score (nSPS) is 24.1. The van der Waals surface area contributed by atoms with Crippen molar-refractivity contribution in [3.8, 4) is 0 Å². The van der Waals surface area contributed by atoms with Gasteiger partial charge in [0.2, 0.25) is 0 Å². The Balaban J connectivity index is 2.46. The van der Waals surface area contributed by atoms with Crippen LogP contribution < -0.4 is 0 Å². The van der Waals surface area contributed by atoms with E-state index in [1.165, 1.54) is 23.5 Å². The van der Waals surface area contributed by atoms with E-state index in [4.69, 9.17) is 24.4 Å². The van der Waals surface area contributed by atoms with Crippen LogP contribution in [0.1, 0.15) is 41.5 Å². The Hall–Kier alpha value is -0.440. The first-order chi connectivity index (χ1) is 9.85. The molecule has 0 aromatic carbocycles. The molecule has 0 aromatic rings. The molecular weight excluding hydrogens is 356 g/mol. The molecule has 8 heteroatoms. The number of nitrogens with zero attached hydrogens (tertiary/aromatic N) is 2. The van der Waals surface area contributed by atoms with Crippen molar-refractivity contribution in [2.24, 2.45) is 0 Å². The van der Waals surface area contributed by atoms with E-state index in [-0.39, 0.29) is 11.8 Å². The van der Waals surface area contributed by atoms with Crippen LogP contribution in [0.25, 0.3) is 0 Å². The summed E-state index contributed by atoms with van der Waals surface area (Å²) in [5.41, 5.74) is -0.833. The van der Waals surface area contributed by atoms with Gasteiger partial charge < -0.3 is 0 Å². The number of thiocarbonyl (C=S) groups is 2. The zero-order valence-electron chi connectivity index (χ0n) is 13.3. The maximum Gasteiger partial charge on any atom is 0.268 e. The van der Waals surface area contributed by atoms with Gasteiger partial charge in [0, 0.05) is 11.1 Å². The number of amides is 2. The maximum absolute atomic E-state index is 12.7. The molecule has 2 saturated heterocycles. The van der Waals surface area contributed by atoms with Crippen molar-refractivity contribution in [1.82, 2.24) is 9.80 Å². The second-order valence-electron chi connectivity index (χ2n) is 7.02. The fourth-order valence-corrected chi connectivity index (χ4v) is 5.59. The number of hydrogen-bond acceptors (Lipinski definition) is 6. The first-order valence-electron chi connectivity index (χ1n) is 6.72. The Morgan fingerprint density at radius 2 is 1.00 bits per heavy atom. The van der Waals surface area contributed by atoms with Crippen LogP contribution in [-0.2, 0) is 9.59 Å². The summed E-state index contributed by atoms with van der Waals surface area (Å²) in [6, 6.07) is 0. The molecule has 2 fully saturated rings. The summed E-state index contributed by atoms with van der Waals surface area (Å²) >= 11 is 13.0. The largest absolute Gasteiger partial charge is 0.287 e. The summed E-state index contributed by atoms with van der Waals surface area (Å²) in [7, 11) is 0. The zero-order valence-corrected chi connectivity index (χ0v) is 16.6. The molecule has 0 spiro atoms. The predicted octanol–water partition coefficient (Wildman–Crippen LogP) is 3.52. The van der Waals surface area contributed by atoms with Gasteiger partial charge in [-0.05, 0) is 41.5 Å². The summed E-state index contributed by atoms with van der Waals surface area (Å²) < 4.78 is 0.960. The molecule has 2 heterocycles. The highest BCUT2D eigenvalue weighted by Gasteiger charge is 2.47. The van der Waals surface area contributed by atoms with Crippen molar-refractivity contribution >= 4 is 68.4 Å². The Bertz CT molecular complexity index is 572. The lowest BCUT2D eigenvalue weighted by Gasteiger charge is -2.30. The van der Waals surface area contributed by atoms with Gasteiger partial charge in [-0.2, -0.15) is 0 Å². The van der Waals surface area contributed by atoms with Gasteiger partial charge in [-0.1, -0.05) is 48.0 Å². The third-order valence-electron chi connectivity index (χ3n) is 3.09. The molecule has 2 aliphatic rings. The monoisotopic (exact) mass is 374 g/mol. The van der Waals surface area contributed by atoms with Gasteiger partial charge in [-0.3, -0.25) is 19.4 Å². The van der Waals surface area contributed by atoms with Crippen LogP contribution in [0, 0.1) is 0 Å². The van der Waals surface area contributed by atoms with E-state index in [1.54, 1.807) is 9.80 Å². The van der Waals surface area contributed by atoms with Crippen LogP contribution >= 0.6 is 48.0 Å². The van der Waals surface area contributed by atoms with E-state index in [0.717, 1.165) is 0 Å². The standard InChI is InChI=1S/C14H18N2O2S4/c1-13(2,3)15-9(17)7(21-11(15)19)8-10(18)16(12(20)22-8)14(4,5)6/h1-6H3/b8-7+. The van der Waals surface area contributed by atoms with Gasteiger partial charge in [0.15, 0.2) is 0 Å². The summed E-state index contributed by atoms with van der Waals surface area (Å²) in [6.07, 6.45) is 0. The number of thioether (sulfide) groups is 2. The molecule has 0 radical (unpaired) electrons. The minimum Gasteiger partial charge on any atom is -0.287 e. The van der Waals surface area contributed by atoms with Crippen LogP contribution in [0.15, 0.2) is 9.81 Å². The molecule has 120 valence electrons. The lowest BCUT2D eigenvalue weighted by Crippen LogP contribution is -2.45. The molecule has 2 rings (SSSR count). The zero-order chi connectivity index (χ0) is 17.0. The lowest BCUT2D eigenvalue weighted by atomic mass is 10.1. The van der Waals surface area contributed by atoms with Crippen molar-refractivity contribution in [2.45, 2.75) is 52.6 Å². The average Bonchev–Trinajstić information content (AvgIpc) is 2.74. The molecule has 0 saturated carbocycles. The summed E-state index contributed by atoms with van der Waals surface area (Å²) in [5.74, 6) is -0.422. The van der Waals surface area contributed by atoms with Crippen molar-refractivity contribution in [3.63, 3.8) is 0 Å². The van der Waals surface area contributed by atoms with Gasteiger partial charge in [-0.25, -0.2) is 0 Å². The quantitative estimate of drug-likeness (QED) is 0.477. The van der Waals surface area contributed by atoms with Crippen LogP contribution in [0.5, 0.6) is 0 Å². The average molecular weight is 375 g/mol. The van der Waals surface area contributed by atoms with Crippen molar-refractivity contribution in [2.75, 3.05) is 0 Å². The molecule has 0 bridgehead atoms. The van der Waals surface area contributed by atoms with Crippen molar-refractivity contribution in [3.05, 3.63) is 9.81 Å². The van der Waals surface area contributed by atoms with E-state index in [0.29, 0.717) is 18.5 Å². The van der Waals surface area contributed by atoms with E-state index >= 15 is 0 Å². The second-order valence-corrected chi connectivity index (χ2v) is 10.3. The third-order valence-corrected chi connectivity index (χ3v) is 5.96. The van der Waals surface area contributed by atoms with Crippen LogP contribution in [0.2, 0.25) is 0 Å². The maximum atomic E-state index is 12.7. The van der Waals surface area contributed by atoms with Crippen LogP contribution in [-0.4, -0.2) is 41.3 Å². The smallest absolute Gasteiger partial charge is 0.268 e. The van der Waals surface area contributed by atoms with Gasteiger partial charge in [0.25, 0.3) is 11.8 Å². The Morgan fingerprint density at radius 3 is 1.18 bits per heavy atom. The van der Waals surface area contributed by atoms with Crippen LogP contribution in [0.4, 0.5) is 0 Å². The van der Waals surface area contributed by atoms with E-state index in [1.807, 2.05) is 41.5 Å². The molecule has 0 aliphatic carbocycles. The molecule has 2 aliphatic heterocycles. The molecule has 4 nitrogen and oxygen atoms in total. The molecular formula is C14H18N2O2S4. The summed E-state index contributed by atoms with van der Waals surface area (Å²) in [4.78, 5) is 29.3. The lowest BCUT2D eigenvalue weighted by molar-refractivity contribution is -0.127. The number of rotatable bonds is 0. The van der Waals surface area contributed by atoms with Crippen molar-refractivity contribution < 1.29 is 9.59 Å². The first kappa shape index (κ1) is 17.9. The van der Waals surface area contributed by atoms with Crippen LogP contribution in [0.3, 0.4) is 0 Å². The fraction of sp³-hybridized carbons (Fsp3) is 0.571. The SMILES string of the molecule is CC(C)(C)N1C(=O)/C(=C2\SC(=S)N(C(C)(C)C)C2=O)SC1=S. The van der Waals surface area contributed by atoms with E-state index in [9.17, 15) is 9.59 Å². The van der Waals surface area contributed by atoms with Gasteiger partial charge >= 0.3 is 0 Å². The Kier molecular flexibility index (Phi) is 4.54. The first-order valence-corrected chi connectivity index (χ1v) is 9.17. The van der Waals surface area contributed by atoms with Gasteiger partial charge in [-0.15, -0.1) is 0 Å². The number of carbonyl (C=O) groups excluding carboxylic acids is 2. The van der Waals surface area contributed by atoms with E-state index < -0.39 is 11.1 Å². The molecule has 0 unspecified atom stereocenters. The molecule has 0 N–H and O–H groups in total. The van der Waals surface area contributed by atoms with Gasteiger partial charge in [0.1, 0.15) is 8.64 Å². The third kappa shape index (κ3) is 2.98. The molecule has 2 amide bonds. The summed E-state index contributed by atoms with van der Waals surface area (Å²) in [6.45, 7) is 11.5. The Morgan fingerprint density at radius 1 is 0.727 bits per heavy atom. The second kappa shape index (κ2) is 5.58. The highest BCUT2D eigenvalue weighted by Crippen LogP contribution is 2.45. The minimum absolute atomic E-state index is 0.211. The number of carbonyl (C=O) groups is 2. The highest BCUT2D eigenvalue weighted by atomic mass is 32.2. The fourth-order valence-electron chi connectivity index (χ4n) is 2.17. The number of hydrogen-bond donors (Lipinski definition) is 0. The minimum atomic E-state index is -0.417. The predicted molar refractivity (Wildman–Crippen MR) is 101 cm³/mol. The molecule has 0 atom stereocenters.